The number of ether oxygens (including phenoxy) is 2. The molecule has 0 heterocycles. The average molecular weight is 234 g/mol. The summed E-state index contributed by atoms with van der Waals surface area (Å²) in [7, 11) is 1.80. The topological polar surface area (TPSA) is 18.5 Å². The van der Waals surface area contributed by atoms with Crippen LogP contribution >= 0.6 is 0 Å². The third kappa shape index (κ3) is 3.22. The molecular formula is C15H22O2. The van der Waals surface area contributed by atoms with Gasteiger partial charge < -0.3 is 9.47 Å². The van der Waals surface area contributed by atoms with Crippen LogP contribution in [-0.2, 0) is 4.74 Å². The van der Waals surface area contributed by atoms with Crippen LogP contribution in [0.5, 0.6) is 5.75 Å². The molecular weight excluding hydrogens is 212 g/mol. The molecule has 0 bridgehead atoms. The first-order chi connectivity index (χ1) is 8.19. The van der Waals surface area contributed by atoms with Crippen LogP contribution in [0, 0.1) is 13.8 Å². The van der Waals surface area contributed by atoms with Crippen molar-refractivity contribution in [3.8, 4) is 5.75 Å². The first kappa shape index (κ1) is 12.4. The number of benzene rings is 1. The highest BCUT2D eigenvalue weighted by molar-refractivity contribution is 5.36. The lowest BCUT2D eigenvalue weighted by molar-refractivity contribution is 0.0207. The molecule has 1 aliphatic rings. The van der Waals surface area contributed by atoms with E-state index in [1.165, 1.54) is 24.0 Å². The molecule has 2 atom stereocenters. The molecule has 94 valence electrons. The van der Waals surface area contributed by atoms with Crippen molar-refractivity contribution in [3.05, 3.63) is 29.3 Å². The molecule has 2 nitrogen and oxygen atoms in total. The minimum absolute atomic E-state index is 0.314. The molecule has 1 aromatic carbocycles. The maximum Gasteiger partial charge on any atom is 0.122 e. The van der Waals surface area contributed by atoms with Gasteiger partial charge in [-0.15, -0.1) is 0 Å². The van der Waals surface area contributed by atoms with Crippen molar-refractivity contribution >= 4 is 0 Å². The molecule has 17 heavy (non-hydrogen) atoms. The Kier molecular flexibility index (Phi) is 4.06. The fourth-order valence-electron chi connectivity index (χ4n) is 2.44. The van der Waals surface area contributed by atoms with Gasteiger partial charge in [0, 0.05) is 13.5 Å². The van der Waals surface area contributed by atoms with Crippen molar-refractivity contribution in [2.24, 2.45) is 0 Å². The molecule has 2 heteroatoms. The quantitative estimate of drug-likeness (QED) is 0.795. The monoisotopic (exact) mass is 234 g/mol. The lowest BCUT2D eigenvalue weighted by atomic mass is 9.95. The number of rotatable bonds is 3. The summed E-state index contributed by atoms with van der Waals surface area (Å²) in [6.07, 6.45) is 5.22. The third-order valence-corrected chi connectivity index (χ3v) is 3.55. The Morgan fingerprint density at radius 3 is 2.65 bits per heavy atom. The van der Waals surface area contributed by atoms with Gasteiger partial charge in [0.1, 0.15) is 11.9 Å². The summed E-state index contributed by atoms with van der Waals surface area (Å²) < 4.78 is 11.6. The maximum absolute atomic E-state index is 6.12. The summed E-state index contributed by atoms with van der Waals surface area (Å²) in [6, 6.07) is 6.38. The van der Waals surface area contributed by atoms with E-state index in [9.17, 15) is 0 Å². The van der Waals surface area contributed by atoms with Crippen LogP contribution in [0.1, 0.15) is 36.8 Å². The van der Waals surface area contributed by atoms with Gasteiger partial charge in [0.05, 0.1) is 6.10 Å². The van der Waals surface area contributed by atoms with E-state index in [-0.39, 0.29) is 0 Å². The molecule has 0 N–H and O–H groups in total. The molecule has 2 unspecified atom stereocenters. The third-order valence-electron chi connectivity index (χ3n) is 3.55. The van der Waals surface area contributed by atoms with Gasteiger partial charge in [-0.3, -0.25) is 0 Å². The highest BCUT2D eigenvalue weighted by Gasteiger charge is 2.23. The van der Waals surface area contributed by atoms with E-state index in [4.69, 9.17) is 9.47 Å². The Morgan fingerprint density at radius 1 is 1.12 bits per heavy atom. The van der Waals surface area contributed by atoms with Crippen molar-refractivity contribution in [2.45, 2.75) is 51.7 Å². The zero-order valence-electron chi connectivity index (χ0n) is 11.0. The number of aryl methyl sites for hydroxylation is 2. The van der Waals surface area contributed by atoms with Crippen molar-refractivity contribution in [2.75, 3.05) is 7.11 Å². The molecule has 0 radical (unpaired) electrons. The lowest BCUT2D eigenvalue weighted by Crippen LogP contribution is -2.29. The van der Waals surface area contributed by atoms with Crippen molar-refractivity contribution in [1.29, 1.82) is 0 Å². The Hall–Kier alpha value is -1.02. The van der Waals surface area contributed by atoms with Gasteiger partial charge in [-0.25, -0.2) is 0 Å². The number of methoxy groups -OCH3 is 1. The van der Waals surface area contributed by atoms with E-state index in [1.54, 1.807) is 7.11 Å². The van der Waals surface area contributed by atoms with E-state index in [2.05, 4.69) is 32.0 Å². The van der Waals surface area contributed by atoms with Gasteiger partial charge in [0.2, 0.25) is 0 Å². The molecule has 0 saturated heterocycles. The first-order valence-electron chi connectivity index (χ1n) is 6.45. The predicted molar refractivity (Wildman–Crippen MR) is 69.6 cm³/mol. The van der Waals surface area contributed by atoms with Crippen LogP contribution in [0.25, 0.3) is 0 Å². The molecule has 1 fully saturated rings. The maximum atomic E-state index is 6.12. The van der Waals surface area contributed by atoms with Gasteiger partial charge in [0.15, 0.2) is 0 Å². The molecule has 0 aromatic heterocycles. The second-order valence-electron chi connectivity index (χ2n) is 5.03. The zero-order chi connectivity index (χ0) is 12.3. The molecule has 0 aliphatic heterocycles. The Morgan fingerprint density at radius 2 is 1.88 bits per heavy atom. The second kappa shape index (κ2) is 5.54. The van der Waals surface area contributed by atoms with Crippen LogP contribution in [-0.4, -0.2) is 19.3 Å². The van der Waals surface area contributed by atoms with Crippen molar-refractivity contribution in [3.63, 3.8) is 0 Å². The molecule has 0 amide bonds. The van der Waals surface area contributed by atoms with Gasteiger partial charge in [-0.1, -0.05) is 12.1 Å². The Balaban J connectivity index is 2.02. The minimum atomic E-state index is 0.314. The summed E-state index contributed by atoms with van der Waals surface area (Å²) in [4.78, 5) is 0. The van der Waals surface area contributed by atoms with Gasteiger partial charge in [-0.2, -0.15) is 0 Å². The van der Waals surface area contributed by atoms with E-state index in [0.717, 1.165) is 18.6 Å². The summed E-state index contributed by atoms with van der Waals surface area (Å²) in [5.74, 6) is 1.03. The molecule has 2 rings (SSSR count). The lowest BCUT2D eigenvalue weighted by Gasteiger charge is -2.29. The predicted octanol–water partition coefficient (Wildman–Crippen LogP) is 3.64. The molecule has 1 saturated carbocycles. The van der Waals surface area contributed by atoms with Gasteiger partial charge in [-0.05, 0) is 50.3 Å². The van der Waals surface area contributed by atoms with E-state index < -0.39 is 0 Å². The smallest absolute Gasteiger partial charge is 0.122 e. The van der Waals surface area contributed by atoms with Crippen LogP contribution in [0.3, 0.4) is 0 Å². The minimum Gasteiger partial charge on any atom is -0.490 e. The highest BCUT2D eigenvalue weighted by atomic mass is 16.5. The standard InChI is InChI=1S/C15H22O2/c1-11-7-8-12(2)15(9-11)17-14-6-4-5-13(10-14)16-3/h7-9,13-14H,4-6,10H2,1-3H3. The molecule has 0 spiro atoms. The van der Waals surface area contributed by atoms with E-state index in [1.807, 2.05) is 0 Å². The average Bonchev–Trinajstić information content (AvgIpc) is 2.34. The largest absolute Gasteiger partial charge is 0.490 e. The fourth-order valence-corrected chi connectivity index (χ4v) is 2.44. The SMILES string of the molecule is COC1CCCC(Oc2cc(C)ccc2C)C1. The van der Waals surface area contributed by atoms with Gasteiger partial charge >= 0.3 is 0 Å². The summed E-state index contributed by atoms with van der Waals surface area (Å²) in [5.41, 5.74) is 2.47. The van der Waals surface area contributed by atoms with E-state index >= 15 is 0 Å². The first-order valence-corrected chi connectivity index (χ1v) is 6.45. The van der Waals surface area contributed by atoms with Crippen LogP contribution < -0.4 is 4.74 Å². The second-order valence-corrected chi connectivity index (χ2v) is 5.03. The fraction of sp³-hybridized carbons (Fsp3) is 0.600. The van der Waals surface area contributed by atoms with Crippen molar-refractivity contribution < 1.29 is 9.47 Å². The Labute approximate surface area is 104 Å². The highest BCUT2D eigenvalue weighted by Crippen LogP contribution is 2.27. The summed E-state index contributed by atoms with van der Waals surface area (Å²) >= 11 is 0. The molecule has 1 aromatic rings. The van der Waals surface area contributed by atoms with Crippen LogP contribution in [0.15, 0.2) is 18.2 Å². The summed E-state index contributed by atoms with van der Waals surface area (Å²) in [6.45, 7) is 4.20. The van der Waals surface area contributed by atoms with Crippen LogP contribution in [0.4, 0.5) is 0 Å². The summed E-state index contributed by atoms with van der Waals surface area (Å²) in [5, 5.41) is 0. The van der Waals surface area contributed by atoms with E-state index in [0.29, 0.717) is 12.2 Å². The van der Waals surface area contributed by atoms with Gasteiger partial charge in [0.25, 0.3) is 0 Å². The Bertz CT molecular complexity index is 373. The zero-order valence-corrected chi connectivity index (χ0v) is 11.0. The van der Waals surface area contributed by atoms with Crippen molar-refractivity contribution in [1.82, 2.24) is 0 Å². The number of hydrogen-bond acceptors (Lipinski definition) is 2. The normalized spacial score (nSPS) is 24.6. The van der Waals surface area contributed by atoms with Crippen LogP contribution in [0.2, 0.25) is 0 Å². The molecule has 1 aliphatic carbocycles. The number of hydrogen-bond donors (Lipinski definition) is 0.